The summed E-state index contributed by atoms with van der Waals surface area (Å²) in [5.74, 6) is 0.0632. The van der Waals surface area contributed by atoms with Gasteiger partial charge in [0.05, 0.1) is 47.1 Å². The molecule has 0 heterocycles. The van der Waals surface area contributed by atoms with E-state index in [1.807, 2.05) is 19.1 Å². The van der Waals surface area contributed by atoms with Crippen LogP contribution in [0.2, 0.25) is 5.02 Å². The van der Waals surface area contributed by atoms with Crippen LogP contribution in [0.5, 0.6) is 5.75 Å². The molecule has 0 aromatic heterocycles. The van der Waals surface area contributed by atoms with E-state index in [0.29, 0.717) is 18.0 Å². The third-order valence-electron chi connectivity index (χ3n) is 4.17. The Morgan fingerprint density at radius 1 is 1.10 bits per heavy atom. The van der Waals surface area contributed by atoms with Crippen LogP contribution in [0.3, 0.4) is 0 Å². The molecule has 0 saturated carbocycles. The Morgan fingerprint density at radius 3 is 2.26 bits per heavy atom. The Hall–Kier alpha value is -3.27. The van der Waals surface area contributed by atoms with Gasteiger partial charge in [-0.05, 0) is 49.4 Å². The SMILES string of the molecule is CCOc1ccc(NS(=O)(=O)c2ccc(Cl)c(C(=O)N(CCC#N)CCC#N)c2)cc1. The summed E-state index contributed by atoms with van der Waals surface area (Å²) in [7, 11) is -4.00. The van der Waals surface area contributed by atoms with E-state index in [1.54, 1.807) is 24.3 Å². The number of ether oxygens (including phenoxy) is 1. The Labute approximate surface area is 186 Å². The molecule has 8 nitrogen and oxygen atoms in total. The van der Waals surface area contributed by atoms with E-state index in [1.165, 1.54) is 23.1 Å². The second-order valence-electron chi connectivity index (χ2n) is 6.31. The second-order valence-corrected chi connectivity index (χ2v) is 8.40. The summed E-state index contributed by atoms with van der Waals surface area (Å²) in [6, 6.07) is 14.1. The fourth-order valence-corrected chi connectivity index (χ4v) is 3.97. The highest BCUT2D eigenvalue weighted by Crippen LogP contribution is 2.25. The Kier molecular flexibility index (Phi) is 8.68. The molecular formula is C21H21ClN4O4S. The van der Waals surface area contributed by atoms with Gasteiger partial charge >= 0.3 is 0 Å². The number of halogens is 1. The molecule has 31 heavy (non-hydrogen) atoms. The van der Waals surface area contributed by atoms with E-state index in [-0.39, 0.29) is 41.4 Å². The van der Waals surface area contributed by atoms with Crippen molar-refractivity contribution in [1.29, 1.82) is 10.5 Å². The summed E-state index contributed by atoms with van der Waals surface area (Å²) in [6.07, 6.45) is 0.151. The highest BCUT2D eigenvalue weighted by molar-refractivity contribution is 7.92. The lowest BCUT2D eigenvalue weighted by Crippen LogP contribution is -2.33. The molecule has 0 saturated heterocycles. The lowest BCUT2D eigenvalue weighted by atomic mass is 10.2. The van der Waals surface area contributed by atoms with E-state index >= 15 is 0 Å². The van der Waals surface area contributed by atoms with Gasteiger partial charge in [0.1, 0.15) is 5.75 Å². The predicted octanol–water partition coefficient (Wildman–Crippen LogP) is 3.81. The van der Waals surface area contributed by atoms with Gasteiger partial charge in [-0.2, -0.15) is 10.5 Å². The van der Waals surface area contributed by atoms with Crippen molar-refractivity contribution in [2.45, 2.75) is 24.7 Å². The van der Waals surface area contributed by atoms with Gasteiger partial charge in [0.2, 0.25) is 0 Å². The van der Waals surface area contributed by atoms with Crippen molar-refractivity contribution in [2.24, 2.45) is 0 Å². The minimum absolute atomic E-state index is 0.0212. The van der Waals surface area contributed by atoms with Gasteiger partial charge in [0.15, 0.2) is 0 Å². The number of hydrogen-bond donors (Lipinski definition) is 1. The van der Waals surface area contributed by atoms with E-state index < -0.39 is 15.9 Å². The third kappa shape index (κ3) is 6.61. The Morgan fingerprint density at radius 2 is 1.71 bits per heavy atom. The second kappa shape index (κ2) is 11.2. The minimum atomic E-state index is -4.00. The van der Waals surface area contributed by atoms with Crippen LogP contribution < -0.4 is 9.46 Å². The fourth-order valence-electron chi connectivity index (χ4n) is 2.69. The molecule has 1 N–H and O–H groups in total. The van der Waals surface area contributed by atoms with Gasteiger partial charge in [-0.3, -0.25) is 9.52 Å². The molecule has 1 amide bonds. The summed E-state index contributed by atoms with van der Waals surface area (Å²) in [4.78, 5) is 14.1. The zero-order chi connectivity index (χ0) is 22.9. The molecular weight excluding hydrogens is 440 g/mol. The molecule has 0 fully saturated rings. The van der Waals surface area contributed by atoms with Crippen LogP contribution in [0.1, 0.15) is 30.1 Å². The van der Waals surface area contributed by atoms with E-state index in [2.05, 4.69) is 4.72 Å². The molecule has 0 aliphatic heterocycles. The van der Waals surface area contributed by atoms with Crippen molar-refractivity contribution < 1.29 is 17.9 Å². The summed E-state index contributed by atoms with van der Waals surface area (Å²) >= 11 is 6.15. The molecule has 162 valence electrons. The maximum atomic E-state index is 12.9. The van der Waals surface area contributed by atoms with Crippen LogP contribution in [0.15, 0.2) is 47.4 Å². The van der Waals surface area contributed by atoms with Gasteiger partial charge < -0.3 is 9.64 Å². The predicted molar refractivity (Wildman–Crippen MR) is 116 cm³/mol. The average molecular weight is 461 g/mol. The summed E-state index contributed by atoms with van der Waals surface area (Å²) in [5.41, 5.74) is 0.308. The topological polar surface area (TPSA) is 123 Å². The normalized spacial score (nSPS) is 10.6. The number of amides is 1. The first kappa shape index (κ1) is 24.0. The van der Waals surface area contributed by atoms with Crippen LogP contribution >= 0.6 is 11.6 Å². The van der Waals surface area contributed by atoms with Crippen molar-refractivity contribution >= 4 is 33.2 Å². The molecule has 10 heteroatoms. The molecule has 0 radical (unpaired) electrons. The molecule has 0 aliphatic carbocycles. The zero-order valence-corrected chi connectivity index (χ0v) is 18.4. The van der Waals surface area contributed by atoms with Gasteiger partial charge in [-0.15, -0.1) is 0 Å². The molecule has 0 atom stereocenters. The minimum Gasteiger partial charge on any atom is -0.494 e. The van der Waals surface area contributed by atoms with E-state index in [0.717, 1.165) is 0 Å². The fraction of sp³-hybridized carbons (Fsp3) is 0.286. The molecule has 0 unspecified atom stereocenters. The highest BCUT2D eigenvalue weighted by Gasteiger charge is 2.22. The van der Waals surface area contributed by atoms with Crippen molar-refractivity contribution in [3.8, 4) is 17.9 Å². The van der Waals surface area contributed by atoms with Gasteiger partial charge in [0.25, 0.3) is 15.9 Å². The van der Waals surface area contributed by atoms with E-state index in [4.69, 9.17) is 26.9 Å². The number of sulfonamides is 1. The molecule has 0 aliphatic rings. The molecule has 2 aromatic rings. The zero-order valence-electron chi connectivity index (χ0n) is 16.8. The number of anilines is 1. The number of nitriles is 2. The number of nitrogens with one attached hydrogen (secondary N) is 1. The maximum Gasteiger partial charge on any atom is 0.261 e. The summed E-state index contributed by atoms with van der Waals surface area (Å²) in [5, 5.41) is 17.7. The maximum absolute atomic E-state index is 12.9. The number of nitrogens with zero attached hydrogens (tertiary/aromatic N) is 3. The lowest BCUT2D eigenvalue weighted by molar-refractivity contribution is 0.0762. The first-order valence-corrected chi connectivity index (χ1v) is 11.3. The first-order chi connectivity index (χ1) is 14.8. The van der Waals surface area contributed by atoms with E-state index in [9.17, 15) is 13.2 Å². The summed E-state index contributed by atoms with van der Waals surface area (Å²) in [6.45, 7) is 2.55. The third-order valence-corrected chi connectivity index (χ3v) is 5.88. The van der Waals surface area contributed by atoms with Crippen molar-refractivity contribution in [2.75, 3.05) is 24.4 Å². The number of hydrogen-bond acceptors (Lipinski definition) is 6. The molecule has 0 bridgehead atoms. The van der Waals surface area contributed by atoms with Crippen LogP contribution in [-0.2, 0) is 10.0 Å². The van der Waals surface area contributed by atoms with Gasteiger partial charge in [0, 0.05) is 18.8 Å². The monoisotopic (exact) mass is 460 g/mol. The molecule has 0 spiro atoms. The van der Waals surface area contributed by atoms with Crippen molar-refractivity contribution in [3.63, 3.8) is 0 Å². The quantitative estimate of drug-likeness (QED) is 0.575. The largest absolute Gasteiger partial charge is 0.494 e. The summed E-state index contributed by atoms with van der Waals surface area (Å²) < 4.78 is 33.4. The Balaban J connectivity index is 2.30. The molecule has 2 rings (SSSR count). The lowest BCUT2D eigenvalue weighted by Gasteiger charge is -2.21. The Bertz CT molecular complexity index is 1090. The van der Waals surface area contributed by atoms with Crippen LogP contribution in [0.4, 0.5) is 5.69 Å². The van der Waals surface area contributed by atoms with Crippen LogP contribution in [0, 0.1) is 22.7 Å². The number of benzene rings is 2. The standard InChI is InChI=1S/C21H21ClN4O4S/c1-2-30-17-7-5-16(6-8-17)25-31(28,29)18-9-10-20(22)19(15-18)21(27)26(13-3-11-23)14-4-12-24/h5-10,15,25H,2-4,13-14H2,1H3. The van der Waals surface area contributed by atoms with Gasteiger partial charge in [-0.25, -0.2) is 8.42 Å². The first-order valence-electron chi connectivity index (χ1n) is 9.40. The van der Waals surface area contributed by atoms with Crippen LogP contribution in [0.25, 0.3) is 0 Å². The van der Waals surface area contributed by atoms with Crippen molar-refractivity contribution in [3.05, 3.63) is 53.1 Å². The highest BCUT2D eigenvalue weighted by atomic mass is 35.5. The smallest absolute Gasteiger partial charge is 0.261 e. The number of carbonyl (C=O) groups is 1. The van der Waals surface area contributed by atoms with Gasteiger partial charge in [-0.1, -0.05) is 11.6 Å². The molecule has 2 aromatic carbocycles. The average Bonchev–Trinajstić information content (AvgIpc) is 2.75. The van der Waals surface area contributed by atoms with Crippen molar-refractivity contribution in [1.82, 2.24) is 4.90 Å². The number of carbonyl (C=O) groups excluding carboxylic acids is 1. The van der Waals surface area contributed by atoms with Crippen LogP contribution in [-0.4, -0.2) is 38.9 Å². The number of rotatable bonds is 10.